The molecule has 0 bridgehead atoms. The summed E-state index contributed by atoms with van der Waals surface area (Å²) >= 11 is 2.24. The van der Waals surface area contributed by atoms with Crippen molar-refractivity contribution in [2.45, 2.75) is 37.8 Å². The Labute approximate surface area is 190 Å². The summed E-state index contributed by atoms with van der Waals surface area (Å²) in [6, 6.07) is 0.421. The Balaban J connectivity index is 1.57. The first-order valence-corrected chi connectivity index (χ1v) is 11.1. The number of rotatable bonds is 8. The molecule has 30 heavy (non-hydrogen) atoms. The Hall–Kier alpha value is -2.21. The van der Waals surface area contributed by atoms with Gasteiger partial charge in [0.2, 0.25) is 11.9 Å². The van der Waals surface area contributed by atoms with E-state index in [1.54, 1.807) is 23.2 Å². The second-order valence-corrected chi connectivity index (χ2v) is 8.96. The van der Waals surface area contributed by atoms with E-state index in [4.69, 9.17) is 0 Å². The fourth-order valence-electron chi connectivity index (χ4n) is 3.41. The molecular formula is C20H29IN8O. The number of nitrogens with zero attached hydrogens (tertiary/aromatic N) is 5. The standard InChI is InChI=1S/C20H29IN8O/c1-28(2)9-5-8-18(30)24-14-6-4-7-15(10-14)25-19-17(21)12-22-20(27-19)26-16-11-23-29(3)13-16/h5,8,11-15H,4,6-7,9-10H2,1-3H3,(H,24,30)(H2,22,25,26,27)/b8-5+. The molecule has 1 aliphatic carbocycles. The molecule has 0 aromatic carbocycles. The maximum atomic E-state index is 12.2. The summed E-state index contributed by atoms with van der Waals surface area (Å²) in [6.07, 6.45) is 12.9. The normalized spacial score (nSPS) is 19.2. The van der Waals surface area contributed by atoms with Crippen molar-refractivity contribution in [3.8, 4) is 0 Å². The first-order valence-electron chi connectivity index (χ1n) is 10.1. The third-order valence-corrected chi connectivity index (χ3v) is 5.60. The fraction of sp³-hybridized carbons (Fsp3) is 0.500. The van der Waals surface area contributed by atoms with Crippen molar-refractivity contribution >= 4 is 46.0 Å². The van der Waals surface area contributed by atoms with Gasteiger partial charge >= 0.3 is 0 Å². The van der Waals surface area contributed by atoms with Gasteiger partial charge in [0.05, 0.1) is 15.5 Å². The van der Waals surface area contributed by atoms with Crippen molar-refractivity contribution in [1.82, 2.24) is 30.0 Å². The summed E-state index contributed by atoms with van der Waals surface area (Å²) in [6.45, 7) is 0.754. The van der Waals surface area contributed by atoms with Crippen LogP contribution in [0.25, 0.3) is 0 Å². The molecule has 0 spiro atoms. The Morgan fingerprint density at radius 3 is 2.87 bits per heavy atom. The summed E-state index contributed by atoms with van der Waals surface area (Å²) in [5.41, 5.74) is 0.840. The van der Waals surface area contributed by atoms with Crippen LogP contribution in [0.15, 0.2) is 30.7 Å². The third-order valence-electron chi connectivity index (χ3n) is 4.81. The van der Waals surface area contributed by atoms with Crippen LogP contribution in [0.4, 0.5) is 17.5 Å². The Morgan fingerprint density at radius 1 is 1.33 bits per heavy atom. The van der Waals surface area contributed by atoms with Gasteiger partial charge in [-0.2, -0.15) is 10.1 Å². The van der Waals surface area contributed by atoms with Gasteiger partial charge in [-0.25, -0.2) is 4.98 Å². The van der Waals surface area contributed by atoms with Crippen molar-refractivity contribution in [3.05, 3.63) is 34.3 Å². The van der Waals surface area contributed by atoms with Crippen LogP contribution in [-0.4, -0.2) is 63.3 Å². The number of anilines is 3. The van der Waals surface area contributed by atoms with Crippen LogP contribution >= 0.6 is 22.6 Å². The lowest BCUT2D eigenvalue weighted by Gasteiger charge is -2.30. The van der Waals surface area contributed by atoms with E-state index in [0.29, 0.717) is 5.95 Å². The highest BCUT2D eigenvalue weighted by atomic mass is 127. The number of carbonyl (C=O) groups excluding carboxylic acids is 1. The zero-order valence-electron chi connectivity index (χ0n) is 17.6. The summed E-state index contributed by atoms with van der Waals surface area (Å²) in [7, 11) is 5.82. The van der Waals surface area contributed by atoms with Gasteiger partial charge in [-0.3, -0.25) is 9.48 Å². The molecule has 162 valence electrons. The second-order valence-electron chi connectivity index (χ2n) is 7.80. The lowest BCUT2D eigenvalue weighted by molar-refractivity contribution is -0.117. The van der Waals surface area contributed by atoms with Crippen LogP contribution in [-0.2, 0) is 11.8 Å². The summed E-state index contributed by atoms with van der Waals surface area (Å²) in [4.78, 5) is 23.2. The van der Waals surface area contributed by atoms with E-state index in [2.05, 4.69) is 53.6 Å². The smallest absolute Gasteiger partial charge is 0.243 e. The predicted octanol–water partition coefficient (Wildman–Crippen LogP) is 2.52. The maximum Gasteiger partial charge on any atom is 0.243 e. The quantitative estimate of drug-likeness (QED) is 0.361. The minimum absolute atomic E-state index is 0.0259. The van der Waals surface area contributed by atoms with E-state index in [0.717, 1.165) is 47.3 Å². The van der Waals surface area contributed by atoms with Crippen LogP contribution in [0.2, 0.25) is 0 Å². The van der Waals surface area contributed by atoms with E-state index in [1.165, 1.54) is 0 Å². The fourth-order valence-corrected chi connectivity index (χ4v) is 3.82. The number of aryl methyl sites for hydroxylation is 1. The van der Waals surface area contributed by atoms with Gasteiger partial charge in [0.15, 0.2) is 0 Å². The molecule has 9 nitrogen and oxygen atoms in total. The average Bonchev–Trinajstić information content (AvgIpc) is 3.09. The van der Waals surface area contributed by atoms with Gasteiger partial charge in [0.1, 0.15) is 5.82 Å². The largest absolute Gasteiger partial charge is 0.366 e. The molecule has 0 aliphatic heterocycles. The number of hydrogen-bond acceptors (Lipinski definition) is 7. The van der Waals surface area contributed by atoms with Gasteiger partial charge in [-0.1, -0.05) is 6.08 Å². The van der Waals surface area contributed by atoms with Crippen molar-refractivity contribution in [2.75, 3.05) is 31.3 Å². The monoisotopic (exact) mass is 524 g/mol. The molecule has 2 atom stereocenters. The molecule has 3 rings (SSSR count). The van der Waals surface area contributed by atoms with Crippen molar-refractivity contribution in [1.29, 1.82) is 0 Å². The minimum Gasteiger partial charge on any atom is -0.366 e. The van der Waals surface area contributed by atoms with Crippen molar-refractivity contribution < 1.29 is 4.79 Å². The van der Waals surface area contributed by atoms with Gasteiger partial charge in [-0.05, 0) is 62.4 Å². The molecule has 0 saturated heterocycles. The third kappa shape index (κ3) is 6.94. The average molecular weight is 524 g/mol. The predicted molar refractivity (Wildman–Crippen MR) is 127 cm³/mol. The lowest BCUT2D eigenvalue weighted by atomic mass is 9.91. The van der Waals surface area contributed by atoms with Gasteiger partial charge in [0, 0.05) is 44.1 Å². The number of hydrogen-bond donors (Lipinski definition) is 3. The first kappa shape index (κ1) is 22.5. The second kappa shape index (κ2) is 10.7. The molecule has 2 unspecified atom stereocenters. The Bertz CT molecular complexity index is 881. The zero-order valence-corrected chi connectivity index (χ0v) is 19.8. The molecule has 1 fully saturated rings. The highest BCUT2D eigenvalue weighted by Gasteiger charge is 2.23. The topological polar surface area (TPSA) is 100 Å². The maximum absolute atomic E-state index is 12.2. The molecule has 1 amide bonds. The molecule has 2 aromatic rings. The molecule has 0 radical (unpaired) electrons. The minimum atomic E-state index is -0.0259. The van der Waals surface area contributed by atoms with Crippen LogP contribution < -0.4 is 16.0 Å². The molecular weight excluding hydrogens is 495 g/mol. The number of aromatic nitrogens is 4. The van der Waals surface area contributed by atoms with E-state index in [-0.39, 0.29) is 18.0 Å². The van der Waals surface area contributed by atoms with Gasteiger partial charge < -0.3 is 20.9 Å². The Kier molecular flexibility index (Phi) is 8.02. The van der Waals surface area contributed by atoms with Crippen molar-refractivity contribution in [2.24, 2.45) is 7.05 Å². The number of amides is 1. The number of halogens is 1. The molecule has 2 aromatic heterocycles. The number of carbonyl (C=O) groups is 1. The number of likely N-dealkylation sites (N-methyl/N-ethyl adjacent to an activating group) is 1. The molecule has 1 aliphatic rings. The summed E-state index contributed by atoms with van der Waals surface area (Å²) in [5.74, 6) is 1.31. The highest BCUT2D eigenvalue weighted by Crippen LogP contribution is 2.25. The summed E-state index contributed by atoms with van der Waals surface area (Å²) in [5, 5.41) is 14.0. The van der Waals surface area contributed by atoms with Crippen molar-refractivity contribution in [3.63, 3.8) is 0 Å². The van der Waals surface area contributed by atoms with Gasteiger partial charge in [0.25, 0.3) is 0 Å². The van der Waals surface area contributed by atoms with E-state index in [1.807, 2.05) is 38.3 Å². The van der Waals surface area contributed by atoms with Crippen LogP contribution in [0.1, 0.15) is 25.7 Å². The SMILES string of the molecule is CN(C)C/C=C/C(=O)NC1CCCC(Nc2nc(Nc3cnn(C)c3)ncc2I)C1. The summed E-state index contributed by atoms with van der Waals surface area (Å²) < 4.78 is 2.68. The van der Waals surface area contributed by atoms with Crippen LogP contribution in [0, 0.1) is 3.57 Å². The Morgan fingerprint density at radius 2 is 2.13 bits per heavy atom. The van der Waals surface area contributed by atoms with E-state index < -0.39 is 0 Å². The van der Waals surface area contributed by atoms with E-state index >= 15 is 0 Å². The molecule has 3 N–H and O–H groups in total. The molecule has 10 heteroatoms. The van der Waals surface area contributed by atoms with Crippen LogP contribution in [0.3, 0.4) is 0 Å². The molecule has 2 heterocycles. The highest BCUT2D eigenvalue weighted by molar-refractivity contribution is 14.1. The molecule has 1 saturated carbocycles. The van der Waals surface area contributed by atoms with Crippen LogP contribution in [0.5, 0.6) is 0 Å². The van der Waals surface area contributed by atoms with E-state index in [9.17, 15) is 4.79 Å². The lowest BCUT2D eigenvalue weighted by Crippen LogP contribution is -2.41. The first-order chi connectivity index (χ1) is 14.4. The number of nitrogens with one attached hydrogen (secondary N) is 3. The zero-order chi connectivity index (χ0) is 21.5. The van der Waals surface area contributed by atoms with Gasteiger partial charge in [-0.15, -0.1) is 0 Å².